The Morgan fingerprint density at radius 2 is 0.933 bits per heavy atom. The van der Waals surface area contributed by atoms with Crippen LogP contribution in [0.2, 0.25) is 0 Å². The van der Waals surface area contributed by atoms with E-state index in [1.54, 1.807) is 0 Å². The first-order valence-electron chi connectivity index (χ1n) is 15.3. The third-order valence-corrected chi connectivity index (χ3v) is 8.30. The van der Waals surface area contributed by atoms with Crippen LogP contribution in [0, 0.1) is 6.92 Å². The summed E-state index contributed by atoms with van der Waals surface area (Å²) in [4.78, 5) is 0. The lowest BCUT2D eigenvalue weighted by molar-refractivity contribution is 0.894. The van der Waals surface area contributed by atoms with Crippen LogP contribution in [-0.2, 0) is 0 Å². The minimum absolute atomic E-state index is 0.829. The molecule has 0 fully saturated rings. The van der Waals surface area contributed by atoms with Crippen LogP contribution in [0.15, 0.2) is 162 Å². The SMILES string of the molecule is CC(=N/n1c(-c2ccccc2)ccc1-c1ccccc1)/C(C)=N\n1c(-c2ccccc2)cc(C)c1-c1cccc2ccccc12. The first kappa shape index (κ1) is 28.1. The summed E-state index contributed by atoms with van der Waals surface area (Å²) >= 11 is 0. The molecule has 4 nitrogen and oxygen atoms in total. The standard InChI is InChI=1S/C41H34N4/c1-29-28-40(35-21-11-6-12-22-35)45(41(29)37-25-15-23-32-16-13-14-24-36(32)37)43-31(3)30(2)42-44-38(33-17-7-4-8-18-33)26-27-39(44)34-19-9-5-10-20-34/h4-28H,1-3H3/b42-30-,43-31-. The second kappa shape index (κ2) is 12.1. The summed E-state index contributed by atoms with van der Waals surface area (Å²) in [6.45, 7) is 6.26. The maximum Gasteiger partial charge on any atom is 0.0812 e. The van der Waals surface area contributed by atoms with Gasteiger partial charge in [-0.05, 0) is 55.3 Å². The Kier molecular flexibility index (Phi) is 7.54. The van der Waals surface area contributed by atoms with E-state index in [0.717, 1.165) is 56.5 Å². The first-order chi connectivity index (χ1) is 22.1. The zero-order valence-corrected chi connectivity index (χ0v) is 25.7. The smallest absolute Gasteiger partial charge is 0.0812 e. The summed E-state index contributed by atoms with van der Waals surface area (Å²) in [6, 6.07) is 52.8. The summed E-state index contributed by atoms with van der Waals surface area (Å²) in [5.74, 6) is 0. The molecule has 5 aromatic carbocycles. The molecule has 0 spiro atoms. The molecule has 7 aromatic rings. The highest BCUT2D eigenvalue weighted by Gasteiger charge is 2.19. The van der Waals surface area contributed by atoms with Crippen LogP contribution in [0.5, 0.6) is 0 Å². The third kappa shape index (κ3) is 5.43. The minimum atomic E-state index is 0.829. The summed E-state index contributed by atoms with van der Waals surface area (Å²) < 4.78 is 4.15. The Hall–Kier alpha value is -5.74. The van der Waals surface area contributed by atoms with Crippen LogP contribution in [0.1, 0.15) is 19.4 Å². The molecule has 2 aromatic heterocycles. The number of nitrogens with zero attached hydrogens (tertiary/aromatic N) is 4. The van der Waals surface area contributed by atoms with E-state index in [0.29, 0.717) is 0 Å². The van der Waals surface area contributed by atoms with Gasteiger partial charge in [0.25, 0.3) is 0 Å². The Morgan fingerprint density at radius 1 is 0.467 bits per heavy atom. The molecule has 0 saturated carbocycles. The molecule has 0 saturated heterocycles. The second-order valence-corrected chi connectivity index (χ2v) is 11.3. The van der Waals surface area contributed by atoms with Crippen molar-refractivity contribution in [2.24, 2.45) is 10.2 Å². The normalized spacial score (nSPS) is 12.2. The van der Waals surface area contributed by atoms with Crippen molar-refractivity contribution in [3.8, 4) is 45.0 Å². The molecule has 218 valence electrons. The Balaban J connectivity index is 1.41. The van der Waals surface area contributed by atoms with Gasteiger partial charge in [-0.15, -0.1) is 0 Å². The fourth-order valence-electron chi connectivity index (χ4n) is 5.94. The first-order valence-corrected chi connectivity index (χ1v) is 15.3. The molecule has 0 aliphatic rings. The number of rotatable bonds is 7. The molecule has 2 heterocycles. The van der Waals surface area contributed by atoms with Gasteiger partial charge in [-0.25, -0.2) is 9.35 Å². The van der Waals surface area contributed by atoms with Gasteiger partial charge in [0.2, 0.25) is 0 Å². The Bertz CT molecular complexity index is 2100. The molecule has 7 rings (SSSR count). The fraction of sp³-hybridized carbons (Fsp3) is 0.0732. The van der Waals surface area contributed by atoms with E-state index < -0.39 is 0 Å². The highest BCUT2D eigenvalue weighted by atomic mass is 15.4. The number of hydrogen-bond donors (Lipinski definition) is 0. The van der Waals surface area contributed by atoms with Gasteiger partial charge in [0, 0.05) is 22.3 Å². The van der Waals surface area contributed by atoms with Crippen molar-refractivity contribution >= 4 is 22.2 Å². The minimum Gasteiger partial charge on any atom is -0.232 e. The molecule has 0 N–H and O–H groups in total. The Morgan fingerprint density at radius 3 is 1.51 bits per heavy atom. The highest BCUT2D eigenvalue weighted by molar-refractivity contribution is 6.40. The van der Waals surface area contributed by atoms with Gasteiger partial charge in [-0.1, -0.05) is 133 Å². The molecule has 0 aliphatic carbocycles. The lowest BCUT2D eigenvalue weighted by Crippen LogP contribution is -2.12. The quantitative estimate of drug-likeness (QED) is 0.168. The lowest BCUT2D eigenvalue weighted by Gasteiger charge is -2.14. The predicted molar refractivity (Wildman–Crippen MR) is 190 cm³/mol. The molecular weight excluding hydrogens is 548 g/mol. The van der Waals surface area contributed by atoms with Crippen LogP contribution in [-0.4, -0.2) is 20.8 Å². The third-order valence-electron chi connectivity index (χ3n) is 8.30. The monoisotopic (exact) mass is 582 g/mol. The zero-order valence-electron chi connectivity index (χ0n) is 25.7. The fourth-order valence-corrected chi connectivity index (χ4v) is 5.94. The van der Waals surface area contributed by atoms with Crippen molar-refractivity contribution in [1.82, 2.24) is 9.35 Å². The number of benzene rings is 5. The molecule has 0 aliphatic heterocycles. The molecule has 0 bridgehead atoms. The van der Waals surface area contributed by atoms with Crippen LogP contribution >= 0.6 is 0 Å². The summed E-state index contributed by atoms with van der Waals surface area (Å²) in [7, 11) is 0. The van der Waals surface area contributed by atoms with E-state index in [2.05, 4.69) is 145 Å². The van der Waals surface area contributed by atoms with E-state index >= 15 is 0 Å². The average Bonchev–Trinajstić information content (AvgIpc) is 3.65. The van der Waals surface area contributed by atoms with E-state index in [1.165, 1.54) is 16.3 Å². The largest absolute Gasteiger partial charge is 0.232 e. The Labute approximate surface area is 264 Å². The number of hydrogen-bond acceptors (Lipinski definition) is 2. The molecule has 0 radical (unpaired) electrons. The summed E-state index contributed by atoms with van der Waals surface area (Å²) in [5, 5.41) is 12.9. The van der Waals surface area contributed by atoms with Gasteiger partial charge >= 0.3 is 0 Å². The van der Waals surface area contributed by atoms with Crippen molar-refractivity contribution < 1.29 is 0 Å². The van der Waals surface area contributed by atoms with Crippen molar-refractivity contribution in [1.29, 1.82) is 0 Å². The number of aromatic nitrogens is 2. The zero-order chi connectivity index (χ0) is 30.8. The molecule has 0 unspecified atom stereocenters. The van der Waals surface area contributed by atoms with Gasteiger partial charge in [0.15, 0.2) is 0 Å². The van der Waals surface area contributed by atoms with Gasteiger partial charge < -0.3 is 0 Å². The maximum atomic E-state index is 5.31. The van der Waals surface area contributed by atoms with Crippen LogP contribution in [0.3, 0.4) is 0 Å². The summed E-state index contributed by atoms with van der Waals surface area (Å²) in [5.41, 5.74) is 11.5. The molecular formula is C41H34N4. The number of aryl methyl sites for hydroxylation is 1. The predicted octanol–water partition coefficient (Wildman–Crippen LogP) is 10.6. The molecule has 45 heavy (non-hydrogen) atoms. The van der Waals surface area contributed by atoms with Crippen molar-refractivity contribution in [3.63, 3.8) is 0 Å². The van der Waals surface area contributed by atoms with Gasteiger partial charge in [-0.3, -0.25) is 0 Å². The van der Waals surface area contributed by atoms with Crippen molar-refractivity contribution in [2.45, 2.75) is 20.8 Å². The van der Waals surface area contributed by atoms with Crippen LogP contribution in [0.25, 0.3) is 55.8 Å². The highest BCUT2D eigenvalue weighted by Crippen LogP contribution is 2.36. The van der Waals surface area contributed by atoms with Gasteiger partial charge in [0.05, 0.1) is 34.2 Å². The van der Waals surface area contributed by atoms with Crippen LogP contribution < -0.4 is 0 Å². The van der Waals surface area contributed by atoms with Gasteiger partial charge in [-0.2, -0.15) is 10.2 Å². The van der Waals surface area contributed by atoms with E-state index in [-0.39, 0.29) is 0 Å². The van der Waals surface area contributed by atoms with E-state index in [1.807, 2.05) is 36.7 Å². The maximum absolute atomic E-state index is 5.31. The summed E-state index contributed by atoms with van der Waals surface area (Å²) in [6.07, 6.45) is 0. The van der Waals surface area contributed by atoms with E-state index in [9.17, 15) is 0 Å². The molecule has 4 heteroatoms. The van der Waals surface area contributed by atoms with Crippen LogP contribution in [0.4, 0.5) is 0 Å². The molecule has 0 atom stereocenters. The van der Waals surface area contributed by atoms with Gasteiger partial charge in [0.1, 0.15) is 0 Å². The van der Waals surface area contributed by atoms with Crippen molar-refractivity contribution in [3.05, 3.63) is 157 Å². The topological polar surface area (TPSA) is 34.6 Å². The lowest BCUT2D eigenvalue weighted by atomic mass is 10.0. The molecule has 0 amide bonds. The number of fused-ring (bicyclic) bond motifs is 1. The van der Waals surface area contributed by atoms with E-state index in [4.69, 9.17) is 10.2 Å². The average molecular weight is 583 g/mol. The second-order valence-electron chi connectivity index (χ2n) is 11.3. The van der Waals surface area contributed by atoms with Crippen molar-refractivity contribution in [2.75, 3.05) is 0 Å².